The number of benzene rings is 2. The third kappa shape index (κ3) is 5.85. The summed E-state index contributed by atoms with van der Waals surface area (Å²) in [5, 5.41) is 5.06. The van der Waals surface area contributed by atoms with Crippen molar-refractivity contribution < 1.29 is 14.3 Å². The maximum atomic E-state index is 12.1. The molecule has 0 unspecified atom stereocenters. The number of hydrazone groups is 1. The summed E-state index contributed by atoms with van der Waals surface area (Å²) in [5.74, 6) is 1.32. The number of aryl methyl sites for hydroxylation is 1. The quantitative estimate of drug-likeness (QED) is 0.344. The van der Waals surface area contributed by atoms with E-state index in [1.807, 2.05) is 43.3 Å². The summed E-state index contributed by atoms with van der Waals surface area (Å²) in [7, 11) is 3.15. The van der Waals surface area contributed by atoms with Gasteiger partial charge in [-0.1, -0.05) is 18.2 Å². The van der Waals surface area contributed by atoms with Crippen molar-refractivity contribution in [3.8, 4) is 11.5 Å². The SMILES string of the molecule is COc1ccc(C=NNC(=O)CSc2cc(C)nc3ccccc23)cc1OC.Cl. The lowest BCUT2D eigenvalue weighted by molar-refractivity contribution is -0.118. The molecule has 152 valence electrons. The second-order valence-electron chi connectivity index (χ2n) is 5.98. The molecule has 0 radical (unpaired) electrons. The predicted octanol–water partition coefficient (Wildman–Crippen LogP) is 4.22. The van der Waals surface area contributed by atoms with Crippen LogP contribution in [0.1, 0.15) is 11.3 Å². The first-order valence-electron chi connectivity index (χ1n) is 8.64. The van der Waals surface area contributed by atoms with Gasteiger partial charge in [0.1, 0.15) is 0 Å². The van der Waals surface area contributed by atoms with Crippen molar-refractivity contribution in [2.75, 3.05) is 20.0 Å². The number of pyridine rings is 1. The van der Waals surface area contributed by atoms with E-state index in [1.54, 1.807) is 32.6 Å². The van der Waals surface area contributed by atoms with Crippen molar-refractivity contribution in [3.05, 3.63) is 59.8 Å². The van der Waals surface area contributed by atoms with Crippen molar-refractivity contribution in [1.82, 2.24) is 10.4 Å². The Morgan fingerprint density at radius 2 is 1.90 bits per heavy atom. The van der Waals surface area contributed by atoms with Crippen LogP contribution in [0.25, 0.3) is 10.9 Å². The van der Waals surface area contributed by atoms with E-state index >= 15 is 0 Å². The molecule has 29 heavy (non-hydrogen) atoms. The summed E-state index contributed by atoms with van der Waals surface area (Å²) in [5.41, 5.74) is 5.20. The van der Waals surface area contributed by atoms with Crippen LogP contribution in [0.2, 0.25) is 0 Å². The van der Waals surface area contributed by atoms with Gasteiger partial charge in [0.2, 0.25) is 5.91 Å². The Bertz CT molecular complexity index is 1030. The van der Waals surface area contributed by atoms with Crippen molar-refractivity contribution >= 4 is 47.2 Å². The van der Waals surface area contributed by atoms with E-state index in [9.17, 15) is 4.79 Å². The first-order chi connectivity index (χ1) is 13.6. The molecule has 8 heteroatoms. The van der Waals surface area contributed by atoms with Gasteiger partial charge in [-0.3, -0.25) is 9.78 Å². The number of para-hydroxylation sites is 1. The molecule has 1 N–H and O–H groups in total. The van der Waals surface area contributed by atoms with Crippen molar-refractivity contribution in [2.24, 2.45) is 5.10 Å². The van der Waals surface area contributed by atoms with Crippen LogP contribution < -0.4 is 14.9 Å². The van der Waals surface area contributed by atoms with Crippen LogP contribution in [-0.4, -0.2) is 37.1 Å². The third-order valence-corrected chi connectivity index (χ3v) is 5.03. The van der Waals surface area contributed by atoms with Crippen LogP contribution in [0.4, 0.5) is 0 Å². The minimum Gasteiger partial charge on any atom is -0.493 e. The number of hydrogen-bond donors (Lipinski definition) is 1. The first-order valence-corrected chi connectivity index (χ1v) is 9.62. The van der Waals surface area contributed by atoms with Crippen LogP contribution >= 0.6 is 24.2 Å². The average molecular weight is 432 g/mol. The van der Waals surface area contributed by atoms with Crippen molar-refractivity contribution in [1.29, 1.82) is 0 Å². The summed E-state index contributed by atoms with van der Waals surface area (Å²) < 4.78 is 10.5. The number of carbonyl (C=O) groups excluding carboxylic acids is 1. The van der Waals surface area contributed by atoms with Gasteiger partial charge in [-0.15, -0.1) is 24.2 Å². The summed E-state index contributed by atoms with van der Waals surface area (Å²) in [6.45, 7) is 1.95. The number of nitrogens with zero attached hydrogens (tertiary/aromatic N) is 2. The minimum atomic E-state index is -0.180. The van der Waals surface area contributed by atoms with Crippen molar-refractivity contribution in [2.45, 2.75) is 11.8 Å². The van der Waals surface area contributed by atoms with E-state index in [0.717, 1.165) is 27.1 Å². The van der Waals surface area contributed by atoms with Gasteiger partial charge >= 0.3 is 0 Å². The number of methoxy groups -OCH3 is 2. The molecule has 3 aromatic rings. The fraction of sp³-hybridized carbons (Fsp3) is 0.190. The highest BCUT2D eigenvalue weighted by molar-refractivity contribution is 8.00. The first kappa shape index (κ1) is 22.5. The zero-order valence-electron chi connectivity index (χ0n) is 16.3. The molecular formula is C21H22ClN3O3S. The van der Waals surface area contributed by atoms with E-state index in [2.05, 4.69) is 15.5 Å². The monoisotopic (exact) mass is 431 g/mol. The normalized spacial score (nSPS) is 10.6. The molecule has 0 fully saturated rings. The Labute approximate surface area is 180 Å². The smallest absolute Gasteiger partial charge is 0.250 e. The number of halogens is 1. The van der Waals surface area contributed by atoms with Crippen LogP contribution in [-0.2, 0) is 4.79 Å². The Morgan fingerprint density at radius 1 is 1.14 bits per heavy atom. The molecular weight excluding hydrogens is 410 g/mol. The number of ether oxygens (including phenoxy) is 2. The summed E-state index contributed by atoms with van der Waals surface area (Å²) >= 11 is 1.47. The highest BCUT2D eigenvalue weighted by atomic mass is 35.5. The zero-order chi connectivity index (χ0) is 19.9. The third-order valence-electron chi connectivity index (χ3n) is 3.98. The number of carbonyl (C=O) groups is 1. The summed E-state index contributed by atoms with van der Waals surface area (Å²) in [6.07, 6.45) is 1.57. The van der Waals surface area contributed by atoms with E-state index in [1.165, 1.54) is 11.8 Å². The number of fused-ring (bicyclic) bond motifs is 1. The second kappa shape index (κ2) is 10.7. The lowest BCUT2D eigenvalue weighted by atomic mass is 10.2. The predicted molar refractivity (Wildman–Crippen MR) is 120 cm³/mol. The molecule has 1 heterocycles. The summed E-state index contributed by atoms with van der Waals surface area (Å²) in [4.78, 5) is 17.7. The van der Waals surface area contributed by atoms with Gasteiger partial charge in [-0.2, -0.15) is 5.10 Å². The molecule has 2 aromatic carbocycles. The average Bonchev–Trinajstić information content (AvgIpc) is 2.71. The number of aromatic nitrogens is 1. The van der Waals surface area contributed by atoms with E-state index < -0.39 is 0 Å². The van der Waals surface area contributed by atoms with Gasteiger partial charge in [0.25, 0.3) is 0 Å². The molecule has 1 aromatic heterocycles. The Hall–Kier alpha value is -2.77. The van der Waals surface area contributed by atoms with E-state index in [0.29, 0.717) is 11.5 Å². The van der Waals surface area contributed by atoms with Crippen molar-refractivity contribution in [3.63, 3.8) is 0 Å². The van der Waals surface area contributed by atoms with Gasteiger partial charge in [-0.05, 0) is 42.8 Å². The number of rotatable bonds is 7. The largest absolute Gasteiger partial charge is 0.493 e. The van der Waals surface area contributed by atoms with Crippen LogP contribution in [0.5, 0.6) is 11.5 Å². The number of amides is 1. The van der Waals surface area contributed by atoms with Crippen LogP contribution in [0.3, 0.4) is 0 Å². The number of nitrogens with one attached hydrogen (secondary N) is 1. The molecule has 0 aliphatic heterocycles. The highest BCUT2D eigenvalue weighted by Gasteiger charge is 2.07. The van der Waals surface area contributed by atoms with Gasteiger partial charge in [-0.25, -0.2) is 5.43 Å². The molecule has 6 nitrogen and oxygen atoms in total. The molecule has 0 atom stereocenters. The molecule has 0 bridgehead atoms. The maximum absolute atomic E-state index is 12.1. The number of thioether (sulfide) groups is 1. The molecule has 1 amide bonds. The van der Waals surface area contributed by atoms with E-state index in [-0.39, 0.29) is 24.1 Å². The van der Waals surface area contributed by atoms with Gasteiger partial charge < -0.3 is 9.47 Å². The fourth-order valence-electron chi connectivity index (χ4n) is 2.68. The molecule has 0 saturated heterocycles. The maximum Gasteiger partial charge on any atom is 0.250 e. The number of hydrogen-bond acceptors (Lipinski definition) is 6. The molecule has 0 saturated carbocycles. The zero-order valence-corrected chi connectivity index (χ0v) is 18.0. The van der Waals surface area contributed by atoms with Gasteiger partial charge in [0, 0.05) is 16.0 Å². The van der Waals surface area contributed by atoms with Crippen LogP contribution in [0.15, 0.2) is 58.5 Å². The van der Waals surface area contributed by atoms with E-state index in [4.69, 9.17) is 9.47 Å². The Kier molecular flexibility index (Phi) is 8.30. The minimum absolute atomic E-state index is 0. The van der Waals surface area contributed by atoms with Gasteiger partial charge in [0.15, 0.2) is 11.5 Å². The standard InChI is InChI=1S/C21H21N3O3S.ClH/c1-14-10-20(16-6-4-5-7-17(16)23-14)28-13-21(25)24-22-12-15-8-9-18(26-2)19(11-15)27-3;/h4-12H,13H2,1-3H3,(H,24,25);1H. The topological polar surface area (TPSA) is 72.8 Å². The molecule has 0 aliphatic carbocycles. The highest BCUT2D eigenvalue weighted by Crippen LogP contribution is 2.28. The molecule has 0 spiro atoms. The summed E-state index contributed by atoms with van der Waals surface area (Å²) in [6, 6.07) is 15.3. The fourth-order valence-corrected chi connectivity index (χ4v) is 3.61. The molecule has 3 rings (SSSR count). The second-order valence-corrected chi connectivity index (χ2v) is 6.99. The van der Waals surface area contributed by atoms with Gasteiger partial charge in [0.05, 0.1) is 31.7 Å². The lowest BCUT2D eigenvalue weighted by Crippen LogP contribution is -2.19. The molecule has 0 aliphatic rings. The van der Waals surface area contributed by atoms with Crippen LogP contribution in [0, 0.1) is 6.92 Å². The lowest BCUT2D eigenvalue weighted by Gasteiger charge is -2.08. The Morgan fingerprint density at radius 3 is 2.66 bits per heavy atom. The Balaban J connectivity index is 0.00000300.